The van der Waals surface area contributed by atoms with E-state index in [-0.39, 0.29) is 17.9 Å². The monoisotopic (exact) mass is 199 g/mol. The molecule has 2 N–H and O–H groups in total. The SMILES string of the molecule is CCCC(C)Oc1nc(N)ncc1F. The summed E-state index contributed by atoms with van der Waals surface area (Å²) in [6, 6.07) is 0. The molecule has 1 aromatic rings. The molecule has 1 unspecified atom stereocenters. The van der Waals surface area contributed by atoms with Crippen LogP contribution in [0, 0.1) is 5.82 Å². The van der Waals surface area contributed by atoms with E-state index in [9.17, 15) is 4.39 Å². The maximum absolute atomic E-state index is 13.1. The van der Waals surface area contributed by atoms with E-state index in [0.29, 0.717) is 0 Å². The van der Waals surface area contributed by atoms with E-state index < -0.39 is 5.82 Å². The number of ether oxygens (including phenoxy) is 1. The van der Waals surface area contributed by atoms with Gasteiger partial charge in [0.2, 0.25) is 11.8 Å². The summed E-state index contributed by atoms with van der Waals surface area (Å²) in [5, 5.41) is 0. The van der Waals surface area contributed by atoms with E-state index in [0.717, 1.165) is 19.0 Å². The van der Waals surface area contributed by atoms with E-state index >= 15 is 0 Å². The first-order valence-corrected chi connectivity index (χ1v) is 4.58. The lowest BCUT2D eigenvalue weighted by Gasteiger charge is -2.12. The summed E-state index contributed by atoms with van der Waals surface area (Å²) in [4.78, 5) is 7.17. The Bertz CT molecular complexity index is 306. The first-order valence-electron chi connectivity index (χ1n) is 4.58. The fourth-order valence-corrected chi connectivity index (χ4v) is 1.10. The maximum Gasteiger partial charge on any atom is 0.255 e. The summed E-state index contributed by atoms with van der Waals surface area (Å²) in [5.74, 6) is -0.634. The zero-order chi connectivity index (χ0) is 10.6. The Morgan fingerprint density at radius 3 is 3.00 bits per heavy atom. The molecule has 1 aromatic heterocycles. The number of nitrogen functional groups attached to an aromatic ring is 1. The molecule has 0 aliphatic heterocycles. The smallest absolute Gasteiger partial charge is 0.255 e. The van der Waals surface area contributed by atoms with Crippen molar-refractivity contribution in [3.8, 4) is 5.88 Å². The summed E-state index contributed by atoms with van der Waals surface area (Å²) in [6.45, 7) is 3.89. The Morgan fingerprint density at radius 2 is 2.36 bits per heavy atom. The number of hydrogen-bond acceptors (Lipinski definition) is 4. The molecule has 0 aliphatic carbocycles. The van der Waals surface area contributed by atoms with E-state index in [2.05, 4.69) is 9.97 Å². The first kappa shape index (κ1) is 10.7. The predicted octanol–water partition coefficient (Wildman–Crippen LogP) is 1.77. The third kappa shape index (κ3) is 2.83. The number of anilines is 1. The maximum atomic E-state index is 13.1. The molecule has 0 aliphatic rings. The molecule has 0 spiro atoms. The van der Waals surface area contributed by atoms with Crippen LogP contribution in [0.5, 0.6) is 5.88 Å². The lowest BCUT2D eigenvalue weighted by Crippen LogP contribution is -2.14. The number of nitrogens with two attached hydrogens (primary N) is 1. The van der Waals surface area contributed by atoms with Crippen LogP contribution in [0.3, 0.4) is 0 Å². The topological polar surface area (TPSA) is 61.0 Å². The third-order valence-electron chi connectivity index (χ3n) is 1.74. The van der Waals surface area contributed by atoms with Gasteiger partial charge in [-0.1, -0.05) is 13.3 Å². The van der Waals surface area contributed by atoms with Gasteiger partial charge in [-0.3, -0.25) is 0 Å². The van der Waals surface area contributed by atoms with Crippen LogP contribution in [0.1, 0.15) is 26.7 Å². The van der Waals surface area contributed by atoms with Crippen molar-refractivity contribution in [3.05, 3.63) is 12.0 Å². The molecule has 5 heteroatoms. The quantitative estimate of drug-likeness (QED) is 0.802. The third-order valence-corrected chi connectivity index (χ3v) is 1.74. The van der Waals surface area contributed by atoms with Crippen LogP contribution in [0.2, 0.25) is 0 Å². The number of hydrogen-bond donors (Lipinski definition) is 1. The van der Waals surface area contributed by atoms with Crippen LogP contribution >= 0.6 is 0 Å². The molecule has 0 amide bonds. The van der Waals surface area contributed by atoms with Gasteiger partial charge < -0.3 is 10.5 Å². The highest BCUT2D eigenvalue weighted by molar-refractivity contribution is 5.22. The van der Waals surface area contributed by atoms with E-state index in [4.69, 9.17) is 10.5 Å². The Hall–Kier alpha value is -1.39. The van der Waals surface area contributed by atoms with E-state index in [1.54, 1.807) is 0 Å². The fraction of sp³-hybridized carbons (Fsp3) is 0.556. The molecule has 4 nitrogen and oxygen atoms in total. The summed E-state index contributed by atoms with van der Waals surface area (Å²) >= 11 is 0. The highest BCUT2D eigenvalue weighted by Gasteiger charge is 2.10. The van der Waals surface area contributed by atoms with Gasteiger partial charge in [0.1, 0.15) is 0 Å². The van der Waals surface area contributed by atoms with E-state index in [1.807, 2.05) is 13.8 Å². The van der Waals surface area contributed by atoms with Crippen molar-refractivity contribution in [2.24, 2.45) is 0 Å². The van der Waals surface area contributed by atoms with Crippen molar-refractivity contribution in [1.82, 2.24) is 9.97 Å². The van der Waals surface area contributed by atoms with Crippen LogP contribution < -0.4 is 10.5 Å². The fourth-order valence-electron chi connectivity index (χ4n) is 1.10. The molecule has 14 heavy (non-hydrogen) atoms. The van der Waals surface area contributed by atoms with Gasteiger partial charge in [-0.05, 0) is 13.3 Å². The molecule has 1 heterocycles. The zero-order valence-corrected chi connectivity index (χ0v) is 8.33. The van der Waals surface area contributed by atoms with Crippen LogP contribution in [-0.4, -0.2) is 16.1 Å². The molecule has 0 fully saturated rings. The van der Waals surface area contributed by atoms with Gasteiger partial charge in [0, 0.05) is 0 Å². The number of halogens is 1. The summed E-state index contributed by atoms with van der Waals surface area (Å²) in [7, 11) is 0. The second kappa shape index (κ2) is 4.74. The molecule has 78 valence electrons. The highest BCUT2D eigenvalue weighted by atomic mass is 19.1. The molecule has 0 bridgehead atoms. The Kier molecular flexibility index (Phi) is 3.62. The van der Waals surface area contributed by atoms with Crippen molar-refractivity contribution in [1.29, 1.82) is 0 Å². The average molecular weight is 199 g/mol. The zero-order valence-electron chi connectivity index (χ0n) is 8.33. The van der Waals surface area contributed by atoms with Gasteiger partial charge in [0.05, 0.1) is 12.3 Å². The molecule has 0 saturated heterocycles. The van der Waals surface area contributed by atoms with Gasteiger partial charge >= 0.3 is 0 Å². The Morgan fingerprint density at radius 1 is 1.64 bits per heavy atom. The van der Waals surface area contributed by atoms with Crippen LogP contribution in [0.25, 0.3) is 0 Å². The van der Waals surface area contributed by atoms with Crippen molar-refractivity contribution < 1.29 is 9.13 Å². The minimum Gasteiger partial charge on any atom is -0.472 e. The normalized spacial score (nSPS) is 12.5. The lowest BCUT2D eigenvalue weighted by molar-refractivity contribution is 0.191. The summed E-state index contributed by atoms with van der Waals surface area (Å²) in [5.41, 5.74) is 5.31. The van der Waals surface area contributed by atoms with Crippen molar-refractivity contribution in [3.63, 3.8) is 0 Å². The molecular formula is C9H14FN3O. The highest BCUT2D eigenvalue weighted by Crippen LogP contribution is 2.15. The standard InChI is InChI=1S/C9H14FN3O/c1-3-4-6(2)14-8-7(10)5-12-9(11)13-8/h5-6H,3-4H2,1-2H3,(H2,11,12,13). The largest absolute Gasteiger partial charge is 0.472 e. The van der Waals surface area contributed by atoms with Gasteiger partial charge in [-0.15, -0.1) is 0 Å². The van der Waals surface area contributed by atoms with Gasteiger partial charge in [0.15, 0.2) is 0 Å². The second-order valence-electron chi connectivity index (χ2n) is 3.10. The minimum atomic E-state index is -0.581. The average Bonchev–Trinajstić information content (AvgIpc) is 2.12. The lowest BCUT2D eigenvalue weighted by atomic mass is 10.2. The van der Waals surface area contributed by atoms with Crippen molar-refractivity contribution in [2.75, 3.05) is 5.73 Å². The van der Waals surface area contributed by atoms with Gasteiger partial charge in [0.25, 0.3) is 5.88 Å². The van der Waals surface area contributed by atoms with E-state index in [1.165, 1.54) is 0 Å². The molecule has 0 aromatic carbocycles. The molecule has 1 atom stereocenters. The minimum absolute atomic E-state index is 0.0186. The number of nitrogens with zero attached hydrogens (tertiary/aromatic N) is 2. The van der Waals surface area contributed by atoms with Gasteiger partial charge in [-0.25, -0.2) is 4.98 Å². The van der Waals surface area contributed by atoms with Crippen LogP contribution in [0.4, 0.5) is 10.3 Å². The summed E-state index contributed by atoms with van der Waals surface area (Å²) < 4.78 is 18.3. The molecule has 0 radical (unpaired) electrons. The summed E-state index contributed by atoms with van der Waals surface area (Å²) in [6.07, 6.45) is 2.77. The predicted molar refractivity (Wildman–Crippen MR) is 51.4 cm³/mol. The van der Waals surface area contributed by atoms with Crippen molar-refractivity contribution >= 4 is 5.95 Å². The molecular weight excluding hydrogens is 185 g/mol. The first-order chi connectivity index (χ1) is 6.63. The number of aromatic nitrogens is 2. The Balaban J connectivity index is 2.70. The second-order valence-corrected chi connectivity index (χ2v) is 3.10. The van der Waals surface area contributed by atoms with Crippen LogP contribution in [-0.2, 0) is 0 Å². The van der Waals surface area contributed by atoms with Crippen molar-refractivity contribution in [2.45, 2.75) is 32.8 Å². The number of rotatable bonds is 4. The molecule has 1 rings (SSSR count). The molecule has 0 saturated carbocycles. The van der Waals surface area contributed by atoms with Crippen LogP contribution in [0.15, 0.2) is 6.20 Å². The van der Waals surface area contributed by atoms with Gasteiger partial charge in [-0.2, -0.15) is 9.37 Å². The Labute approximate surface area is 82.3 Å².